The predicted octanol–water partition coefficient (Wildman–Crippen LogP) is 2.09. The smallest absolute Gasteiger partial charge is 0.165 e. The Balaban J connectivity index is 2.54. The number of hydrogen-bond donors (Lipinski definition) is 2. The van der Waals surface area contributed by atoms with Crippen LogP contribution in [0.1, 0.15) is 0 Å². The third-order valence-electron chi connectivity index (χ3n) is 2.21. The second-order valence-electron chi connectivity index (χ2n) is 3.25. The van der Waals surface area contributed by atoms with E-state index in [1.54, 1.807) is 37.6 Å². The topological polar surface area (TPSA) is 73.1 Å². The summed E-state index contributed by atoms with van der Waals surface area (Å²) in [5.74, 6) is 6.98. The van der Waals surface area contributed by atoms with Gasteiger partial charge in [-0.1, -0.05) is 11.6 Å². The fourth-order valence-electron chi connectivity index (χ4n) is 1.42. The Morgan fingerprint density at radius 1 is 1.35 bits per heavy atom. The third-order valence-corrected chi connectivity index (χ3v) is 2.44. The molecule has 0 spiro atoms. The van der Waals surface area contributed by atoms with Crippen LogP contribution in [0.25, 0.3) is 11.4 Å². The normalized spacial score (nSPS) is 10.1. The Morgan fingerprint density at radius 2 is 2.18 bits per heavy atom. The van der Waals surface area contributed by atoms with Gasteiger partial charge in [0.05, 0.1) is 12.7 Å². The average Bonchev–Trinajstić information content (AvgIpc) is 2.39. The van der Waals surface area contributed by atoms with Crippen molar-refractivity contribution in [1.82, 2.24) is 9.97 Å². The molecule has 0 fully saturated rings. The number of rotatable bonds is 3. The first kappa shape index (κ1) is 11.6. The van der Waals surface area contributed by atoms with E-state index in [9.17, 15) is 0 Å². The van der Waals surface area contributed by atoms with Crippen molar-refractivity contribution >= 4 is 17.4 Å². The summed E-state index contributed by atoms with van der Waals surface area (Å²) >= 11 is 5.95. The second kappa shape index (κ2) is 4.99. The summed E-state index contributed by atoms with van der Waals surface area (Å²) in [5, 5.41) is 0.593. The minimum Gasteiger partial charge on any atom is -0.496 e. The van der Waals surface area contributed by atoms with Crippen molar-refractivity contribution in [2.75, 3.05) is 12.5 Å². The van der Waals surface area contributed by atoms with Gasteiger partial charge in [-0.05, 0) is 18.2 Å². The molecule has 0 aliphatic heterocycles. The molecule has 5 nitrogen and oxygen atoms in total. The number of methoxy groups -OCH3 is 1. The van der Waals surface area contributed by atoms with Crippen molar-refractivity contribution in [3.05, 3.63) is 35.5 Å². The number of anilines is 1. The third kappa shape index (κ3) is 2.46. The van der Waals surface area contributed by atoms with E-state index in [-0.39, 0.29) is 0 Å². The molecule has 17 heavy (non-hydrogen) atoms. The Bertz CT molecular complexity index is 533. The number of nitrogens with two attached hydrogens (primary N) is 1. The molecule has 0 aliphatic carbocycles. The number of hydrazine groups is 1. The van der Waals surface area contributed by atoms with Gasteiger partial charge in [-0.15, -0.1) is 0 Å². The Labute approximate surface area is 104 Å². The molecule has 0 radical (unpaired) electrons. The molecule has 0 atom stereocenters. The standard InChI is InChI=1S/C11H11ClN4O/c1-17-9-3-2-7(12)6-8(9)11-14-5-4-10(15-11)16-13/h2-6H,13H2,1H3,(H,14,15,16). The van der Waals surface area contributed by atoms with Gasteiger partial charge in [-0.2, -0.15) is 0 Å². The van der Waals surface area contributed by atoms with Crippen molar-refractivity contribution in [2.45, 2.75) is 0 Å². The molecule has 1 aromatic carbocycles. The minimum absolute atomic E-state index is 0.500. The summed E-state index contributed by atoms with van der Waals surface area (Å²) in [6.07, 6.45) is 1.61. The van der Waals surface area contributed by atoms with E-state index in [2.05, 4.69) is 15.4 Å². The zero-order valence-corrected chi connectivity index (χ0v) is 9.90. The lowest BCUT2D eigenvalue weighted by Gasteiger charge is -2.08. The number of hydrogen-bond acceptors (Lipinski definition) is 5. The SMILES string of the molecule is COc1ccc(Cl)cc1-c1nccc(NN)n1. The van der Waals surface area contributed by atoms with Gasteiger partial charge in [0, 0.05) is 17.3 Å². The van der Waals surface area contributed by atoms with E-state index in [0.29, 0.717) is 22.4 Å². The summed E-state index contributed by atoms with van der Waals surface area (Å²) in [6.45, 7) is 0. The van der Waals surface area contributed by atoms with Crippen LogP contribution in [0.3, 0.4) is 0 Å². The van der Waals surface area contributed by atoms with E-state index < -0.39 is 0 Å². The highest BCUT2D eigenvalue weighted by Crippen LogP contribution is 2.30. The van der Waals surface area contributed by atoms with E-state index in [0.717, 1.165) is 5.56 Å². The maximum Gasteiger partial charge on any atom is 0.165 e. The van der Waals surface area contributed by atoms with Crippen LogP contribution in [0.2, 0.25) is 5.02 Å². The maximum atomic E-state index is 5.95. The monoisotopic (exact) mass is 250 g/mol. The number of aromatic nitrogens is 2. The van der Waals surface area contributed by atoms with E-state index in [1.165, 1.54) is 0 Å². The first-order valence-corrected chi connectivity index (χ1v) is 5.26. The molecule has 2 aromatic rings. The molecule has 0 amide bonds. The number of nitrogens with zero attached hydrogens (tertiary/aromatic N) is 2. The molecule has 1 heterocycles. The van der Waals surface area contributed by atoms with Crippen molar-refractivity contribution < 1.29 is 4.74 Å². The fraction of sp³-hybridized carbons (Fsp3) is 0.0909. The molecular weight excluding hydrogens is 240 g/mol. The molecule has 0 bridgehead atoms. The van der Waals surface area contributed by atoms with Crippen molar-refractivity contribution in [3.8, 4) is 17.1 Å². The molecule has 0 unspecified atom stereocenters. The van der Waals surface area contributed by atoms with Crippen LogP contribution < -0.4 is 16.0 Å². The van der Waals surface area contributed by atoms with Gasteiger partial charge in [0.1, 0.15) is 11.6 Å². The zero-order valence-electron chi connectivity index (χ0n) is 9.14. The fourth-order valence-corrected chi connectivity index (χ4v) is 1.60. The number of ether oxygens (including phenoxy) is 1. The molecule has 0 saturated carbocycles. The van der Waals surface area contributed by atoms with Gasteiger partial charge in [0.2, 0.25) is 0 Å². The molecule has 0 saturated heterocycles. The average molecular weight is 251 g/mol. The Kier molecular flexibility index (Phi) is 3.41. The van der Waals surface area contributed by atoms with Crippen LogP contribution in [0.4, 0.5) is 5.82 Å². The molecule has 1 aromatic heterocycles. The summed E-state index contributed by atoms with van der Waals surface area (Å²) in [4.78, 5) is 8.39. The van der Waals surface area contributed by atoms with Crippen LogP contribution in [0.5, 0.6) is 5.75 Å². The quantitative estimate of drug-likeness (QED) is 0.645. The molecule has 6 heteroatoms. The van der Waals surface area contributed by atoms with Crippen molar-refractivity contribution in [2.24, 2.45) is 5.84 Å². The van der Waals surface area contributed by atoms with Gasteiger partial charge in [0.15, 0.2) is 5.82 Å². The summed E-state index contributed by atoms with van der Waals surface area (Å²) < 4.78 is 5.24. The number of nitrogen functional groups attached to an aromatic ring is 1. The number of halogens is 1. The highest BCUT2D eigenvalue weighted by atomic mass is 35.5. The van der Waals surface area contributed by atoms with E-state index in [4.69, 9.17) is 22.2 Å². The van der Waals surface area contributed by atoms with Crippen LogP contribution in [0, 0.1) is 0 Å². The van der Waals surface area contributed by atoms with Crippen molar-refractivity contribution in [1.29, 1.82) is 0 Å². The molecule has 0 aliphatic rings. The van der Waals surface area contributed by atoms with Crippen LogP contribution >= 0.6 is 11.6 Å². The van der Waals surface area contributed by atoms with Crippen LogP contribution in [-0.2, 0) is 0 Å². The molecule has 88 valence electrons. The first-order valence-electron chi connectivity index (χ1n) is 4.88. The lowest BCUT2D eigenvalue weighted by Crippen LogP contribution is -2.09. The highest BCUT2D eigenvalue weighted by Gasteiger charge is 2.09. The molecular formula is C11H11ClN4O. The maximum absolute atomic E-state index is 5.95. The van der Waals surface area contributed by atoms with E-state index >= 15 is 0 Å². The van der Waals surface area contributed by atoms with Crippen molar-refractivity contribution in [3.63, 3.8) is 0 Å². The highest BCUT2D eigenvalue weighted by molar-refractivity contribution is 6.30. The Morgan fingerprint density at radius 3 is 2.88 bits per heavy atom. The minimum atomic E-state index is 0.500. The zero-order chi connectivity index (χ0) is 12.3. The van der Waals surface area contributed by atoms with Gasteiger partial charge in [-0.3, -0.25) is 0 Å². The number of nitrogens with one attached hydrogen (secondary N) is 1. The van der Waals surface area contributed by atoms with Gasteiger partial charge < -0.3 is 10.2 Å². The summed E-state index contributed by atoms with van der Waals surface area (Å²) in [7, 11) is 1.58. The lowest BCUT2D eigenvalue weighted by molar-refractivity contribution is 0.416. The van der Waals surface area contributed by atoms with Gasteiger partial charge in [-0.25, -0.2) is 15.8 Å². The summed E-state index contributed by atoms with van der Waals surface area (Å²) in [5.41, 5.74) is 3.18. The van der Waals surface area contributed by atoms with E-state index in [1.807, 2.05) is 0 Å². The molecule has 3 N–H and O–H groups in total. The second-order valence-corrected chi connectivity index (χ2v) is 3.69. The van der Waals surface area contributed by atoms with Crippen LogP contribution in [-0.4, -0.2) is 17.1 Å². The van der Waals surface area contributed by atoms with Gasteiger partial charge in [0.25, 0.3) is 0 Å². The van der Waals surface area contributed by atoms with Gasteiger partial charge >= 0.3 is 0 Å². The van der Waals surface area contributed by atoms with Crippen LogP contribution in [0.15, 0.2) is 30.5 Å². The Hall–Kier alpha value is -1.85. The largest absolute Gasteiger partial charge is 0.496 e. The summed E-state index contributed by atoms with van der Waals surface area (Å²) in [6, 6.07) is 6.93. The lowest BCUT2D eigenvalue weighted by atomic mass is 10.2. The molecule has 2 rings (SSSR count). The first-order chi connectivity index (χ1) is 8.24. The predicted molar refractivity (Wildman–Crippen MR) is 66.8 cm³/mol. The number of benzene rings is 1.